The maximum atomic E-state index is 13.8. The van der Waals surface area contributed by atoms with E-state index in [9.17, 15) is 23.6 Å². The van der Waals surface area contributed by atoms with E-state index in [4.69, 9.17) is 23.7 Å². The molecule has 63 heavy (non-hydrogen) atoms. The zero-order valence-electron chi connectivity index (χ0n) is 35.3. The molecule has 3 N–H and O–H groups in total. The Balaban J connectivity index is 0.863. The highest BCUT2D eigenvalue weighted by atomic mass is 19.1. The van der Waals surface area contributed by atoms with E-state index in [1.54, 1.807) is 62.6 Å². The Morgan fingerprint density at radius 1 is 0.905 bits per heavy atom. The monoisotopic (exact) mass is 862 g/mol. The second kappa shape index (κ2) is 20.1. The lowest BCUT2D eigenvalue weighted by atomic mass is 10.0. The molecule has 0 bridgehead atoms. The molecule has 0 aliphatic carbocycles. The Morgan fingerprint density at radius 2 is 1.68 bits per heavy atom. The zero-order chi connectivity index (χ0) is 44.5. The van der Waals surface area contributed by atoms with E-state index in [-0.39, 0.29) is 73.1 Å². The number of carbonyl (C=O) groups is 4. The molecule has 0 saturated carbocycles. The number of carbonyl (C=O) groups excluding carboxylic acids is 4. The number of hydrogen-bond acceptors (Lipinski definition) is 15. The summed E-state index contributed by atoms with van der Waals surface area (Å²) in [6.07, 6.45) is 3.43. The van der Waals surface area contributed by atoms with Gasteiger partial charge in [0, 0.05) is 59.8 Å². The number of azo groups is 1. The molecule has 328 valence electrons. The number of piperidine rings is 1. The molecule has 1 fully saturated rings. The molecule has 18 heteroatoms. The molecule has 7 rings (SSSR count). The van der Waals surface area contributed by atoms with Gasteiger partial charge in [-0.25, -0.2) is 14.4 Å². The van der Waals surface area contributed by atoms with Gasteiger partial charge in [0.1, 0.15) is 30.6 Å². The summed E-state index contributed by atoms with van der Waals surface area (Å²) in [6, 6.07) is 15.9. The van der Waals surface area contributed by atoms with E-state index in [1.807, 2.05) is 6.07 Å². The summed E-state index contributed by atoms with van der Waals surface area (Å²) in [4.78, 5) is 60.4. The van der Waals surface area contributed by atoms with Gasteiger partial charge < -0.3 is 39.2 Å². The number of nitrogens with zero attached hydrogens (tertiary/aromatic N) is 5. The van der Waals surface area contributed by atoms with Gasteiger partial charge in [0.15, 0.2) is 28.8 Å². The van der Waals surface area contributed by atoms with E-state index in [0.717, 1.165) is 0 Å². The lowest BCUT2D eigenvalue weighted by molar-refractivity contribution is -0.137. The number of ether oxygens (including phenoxy) is 5. The molecule has 2 aliphatic heterocycles. The highest BCUT2D eigenvalue weighted by Gasteiger charge is 2.40. The third kappa shape index (κ3) is 10.3. The number of fused-ring (bicyclic) bond motifs is 2. The smallest absolute Gasteiger partial charge is 0.255 e. The first kappa shape index (κ1) is 43.9. The molecular formula is C45H47FN8O9. The predicted octanol–water partition coefficient (Wildman–Crippen LogP) is 6.81. The van der Waals surface area contributed by atoms with Crippen molar-refractivity contribution in [3.05, 3.63) is 89.5 Å². The first-order valence-electron chi connectivity index (χ1n) is 20.3. The van der Waals surface area contributed by atoms with E-state index in [0.29, 0.717) is 94.5 Å². The molecule has 1 aromatic heterocycles. The van der Waals surface area contributed by atoms with Crippen molar-refractivity contribution in [2.75, 3.05) is 52.9 Å². The molecular weight excluding hydrogens is 816 g/mol. The largest absolute Gasteiger partial charge is 0.493 e. The number of ketones is 1. The van der Waals surface area contributed by atoms with E-state index >= 15 is 0 Å². The Bertz CT molecular complexity index is 2550. The van der Waals surface area contributed by atoms with Crippen molar-refractivity contribution in [1.29, 1.82) is 0 Å². The van der Waals surface area contributed by atoms with Crippen LogP contribution in [-0.2, 0) is 20.9 Å². The van der Waals surface area contributed by atoms with Crippen molar-refractivity contribution in [1.82, 2.24) is 25.5 Å². The van der Waals surface area contributed by atoms with Crippen molar-refractivity contribution in [2.45, 2.75) is 51.6 Å². The number of aryl methyl sites for hydroxylation is 1. The average molecular weight is 863 g/mol. The first-order valence-corrected chi connectivity index (χ1v) is 20.3. The number of Topliss-reactive ketones (excluding diaryl/α,β-unsaturated/α-hetero) is 1. The van der Waals surface area contributed by atoms with Crippen molar-refractivity contribution in [3.63, 3.8) is 0 Å². The lowest BCUT2D eigenvalue weighted by Gasteiger charge is -2.29. The average Bonchev–Trinajstić information content (AvgIpc) is 3.62. The minimum absolute atomic E-state index is 0.109. The van der Waals surface area contributed by atoms with Crippen molar-refractivity contribution in [2.24, 2.45) is 10.2 Å². The Hall–Kier alpha value is -7.21. The Morgan fingerprint density at radius 3 is 2.43 bits per heavy atom. The number of imide groups is 1. The van der Waals surface area contributed by atoms with Crippen LogP contribution in [-0.4, -0.2) is 92.0 Å². The summed E-state index contributed by atoms with van der Waals surface area (Å²) in [5.41, 5.74) is 3.72. The SMILES string of the molecule is COc1cc2ncnc(Nc3ccc(F)c(C)c3)c2cc1OCCCNCCCC(=O)COc1c(OC)cc(N=Nc2cccc3c2CN(C2CCC(=O)NC2=O)C3=O)cc1OC. The van der Waals surface area contributed by atoms with Crippen molar-refractivity contribution >= 4 is 57.3 Å². The topological polar surface area (TPSA) is 204 Å². The summed E-state index contributed by atoms with van der Waals surface area (Å²) in [5.74, 6) is 0.862. The molecule has 2 aliphatic rings. The fourth-order valence-corrected chi connectivity index (χ4v) is 7.28. The minimum atomic E-state index is -0.750. The summed E-state index contributed by atoms with van der Waals surface area (Å²) >= 11 is 0. The molecule has 5 aromatic rings. The van der Waals surface area contributed by atoms with Gasteiger partial charge in [-0.05, 0) is 81.2 Å². The number of anilines is 2. The minimum Gasteiger partial charge on any atom is -0.493 e. The van der Waals surface area contributed by atoms with Gasteiger partial charge >= 0.3 is 0 Å². The third-order valence-corrected chi connectivity index (χ3v) is 10.6. The second-order valence-corrected chi connectivity index (χ2v) is 14.8. The van der Waals surface area contributed by atoms with Crippen LogP contribution in [0.25, 0.3) is 10.9 Å². The van der Waals surface area contributed by atoms with Crippen molar-refractivity contribution < 1.29 is 47.3 Å². The van der Waals surface area contributed by atoms with E-state index in [2.05, 4.69) is 36.1 Å². The Kier molecular flexibility index (Phi) is 14.0. The maximum Gasteiger partial charge on any atom is 0.255 e. The van der Waals surface area contributed by atoms with Gasteiger partial charge in [-0.1, -0.05) is 6.07 Å². The lowest BCUT2D eigenvalue weighted by Crippen LogP contribution is -2.52. The molecule has 0 radical (unpaired) electrons. The number of aromatic nitrogens is 2. The highest BCUT2D eigenvalue weighted by Crippen LogP contribution is 2.42. The Labute approximate surface area is 362 Å². The van der Waals surface area contributed by atoms with Crippen LogP contribution in [0, 0.1) is 12.7 Å². The molecule has 1 unspecified atom stereocenters. The standard InChI is InChI=1S/C45H47FN8O9/c1-26-18-27(11-12-33(26)46)50-43-31-21-38(37(59-2)22-35(31)48-25-49-43)62-17-7-16-47-15-6-8-29(55)24-63-42-39(60-3)19-28(20-40(42)61-4)52-53-34-10-5-9-30-32(34)23-54(45(30)58)36-13-14-41(56)51-44(36)57/h5,9-12,18-22,25,36,47H,6-8,13-17,23-24H2,1-4H3,(H,48,49,50)(H,51,56,57). The van der Waals surface area contributed by atoms with Crippen LogP contribution in [0.2, 0.25) is 0 Å². The molecule has 1 atom stereocenters. The first-order chi connectivity index (χ1) is 30.6. The number of hydrogen-bond donors (Lipinski definition) is 3. The van der Waals surface area contributed by atoms with Gasteiger partial charge in [0.05, 0.1) is 44.8 Å². The van der Waals surface area contributed by atoms with E-state index in [1.165, 1.54) is 31.5 Å². The predicted molar refractivity (Wildman–Crippen MR) is 229 cm³/mol. The summed E-state index contributed by atoms with van der Waals surface area (Å²) in [5, 5.41) is 18.4. The number of rotatable bonds is 20. The van der Waals surface area contributed by atoms with Crippen LogP contribution in [0.1, 0.15) is 53.6 Å². The van der Waals surface area contributed by atoms with Crippen molar-refractivity contribution in [3.8, 4) is 28.7 Å². The van der Waals surface area contributed by atoms with Gasteiger partial charge in [-0.2, -0.15) is 10.2 Å². The molecule has 17 nitrogen and oxygen atoms in total. The zero-order valence-corrected chi connectivity index (χ0v) is 35.3. The summed E-state index contributed by atoms with van der Waals surface area (Å²) < 4.78 is 42.5. The second-order valence-electron chi connectivity index (χ2n) is 14.8. The molecule has 1 saturated heterocycles. The van der Waals surface area contributed by atoms with Gasteiger partial charge in [0.25, 0.3) is 5.91 Å². The fraction of sp³-hybridized carbons (Fsp3) is 0.333. The highest BCUT2D eigenvalue weighted by molar-refractivity contribution is 6.06. The van der Waals surface area contributed by atoms with Gasteiger partial charge in [0.2, 0.25) is 17.6 Å². The number of halogens is 1. The van der Waals surface area contributed by atoms with Crippen LogP contribution < -0.4 is 39.6 Å². The van der Waals surface area contributed by atoms with Gasteiger partial charge in [-0.3, -0.25) is 24.5 Å². The van der Waals surface area contributed by atoms with Crippen LogP contribution in [0.3, 0.4) is 0 Å². The van der Waals surface area contributed by atoms with E-state index < -0.39 is 11.9 Å². The number of benzene rings is 4. The summed E-state index contributed by atoms with van der Waals surface area (Å²) in [6.45, 7) is 3.32. The molecule has 3 heterocycles. The third-order valence-electron chi connectivity index (χ3n) is 10.6. The summed E-state index contributed by atoms with van der Waals surface area (Å²) in [7, 11) is 4.48. The molecule has 4 aromatic carbocycles. The van der Waals surface area contributed by atoms with Crippen LogP contribution in [0.15, 0.2) is 77.2 Å². The fourth-order valence-electron chi connectivity index (χ4n) is 7.28. The quantitative estimate of drug-likeness (QED) is 0.0419. The number of methoxy groups -OCH3 is 3. The van der Waals surface area contributed by atoms with Gasteiger partial charge in [-0.15, -0.1) is 0 Å². The molecule has 0 spiro atoms. The van der Waals surface area contributed by atoms with Crippen LogP contribution in [0.4, 0.5) is 27.3 Å². The van der Waals surface area contributed by atoms with Crippen LogP contribution in [0.5, 0.6) is 28.7 Å². The normalized spacial score (nSPS) is 14.8. The maximum absolute atomic E-state index is 13.8. The number of amides is 3. The molecule has 3 amide bonds. The number of nitrogens with one attached hydrogen (secondary N) is 3. The van der Waals surface area contributed by atoms with Crippen LogP contribution >= 0.6 is 0 Å².